The summed E-state index contributed by atoms with van der Waals surface area (Å²) in [4.78, 5) is 0. The summed E-state index contributed by atoms with van der Waals surface area (Å²) < 4.78 is 0. The number of nitrogens with zero attached hydrogens (tertiary/aromatic N) is 1. The quantitative estimate of drug-likeness (QED) is 0.507. The van der Waals surface area contributed by atoms with Gasteiger partial charge in [0.15, 0.2) is 5.11 Å². The minimum Gasteiger partial charge on any atom is -0.361 e. The Morgan fingerprint density at radius 1 is 1.30 bits per heavy atom. The molecule has 0 saturated heterocycles. The number of rotatable bonds is 4. The normalized spacial score (nSPS) is 25.1. The Bertz CT molecular complexity index is 536. The standard InChI is InChI=1S/C16H19N3S/c20-16(17-10-9-12-5-2-1-3-6-12)19-18-15-11-13-7-4-8-14(13)15/h1-6,8,13-14H,7,9-11H2,(H2,17,19,20)/b18-15-/t13-,14-/m1/s1. The zero-order valence-corrected chi connectivity index (χ0v) is 12.2. The van der Waals surface area contributed by atoms with E-state index in [0.717, 1.165) is 25.3 Å². The van der Waals surface area contributed by atoms with Crippen molar-refractivity contribution in [3.63, 3.8) is 0 Å². The van der Waals surface area contributed by atoms with Crippen LogP contribution in [0.3, 0.4) is 0 Å². The summed E-state index contributed by atoms with van der Waals surface area (Å²) in [7, 11) is 0. The molecule has 0 heterocycles. The number of benzene rings is 1. The topological polar surface area (TPSA) is 36.4 Å². The average Bonchev–Trinajstić information content (AvgIpc) is 2.82. The highest BCUT2D eigenvalue weighted by Gasteiger charge is 2.37. The van der Waals surface area contributed by atoms with Gasteiger partial charge < -0.3 is 5.32 Å². The fraction of sp³-hybridized carbons (Fsp3) is 0.375. The van der Waals surface area contributed by atoms with Crippen LogP contribution in [-0.4, -0.2) is 17.4 Å². The Balaban J connectivity index is 1.38. The Hall–Kier alpha value is -1.68. The molecule has 2 N–H and O–H groups in total. The summed E-state index contributed by atoms with van der Waals surface area (Å²) in [6.07, 6.45) is 7.81. The molecule has 20 heavy (non-hydrogen) atoms. The minimum atomic E-state index is 0.564. The number of fused-ring (bicyclic) bond motifs is 1. The zero-order chi connectivity index (χ0) is 13.8. The number of hydrazone groups is 1. The molecule has 4 heteroatoms. The van der Waals surface area contributed by atoms with Gasteiger partial charge in [0.2, 0.25) is 0 Å². The predicted octanol–water partition coefficient (Wildman–Crippen LogP) is 2.65. The van der Waals surface area contributed by atoms with Gasteiger partial charge in [-0.2, -0.15) is 5.10 Å². The van der Waals surface area contributed by atoms with E-state index in [9.17, 15) is 0 Å². The van der Waals surface area contributed by atoms with Crippen LogP contribution in [0.2, 0.25) is 0 Å². The molecule has 2 aliphatic carbocycles. The Morgan fingerprint density at radius 3 is 2.95 bits per heavy atom. The van der Waals surface area contributed by atoms with E-state index in [-0.39, 0.29) is 0 Å². The molecular weight excluding hydrogens is 266 g/mol. The SMILES string of the molecule is S=C(NCCc1ccccc1)N/N=C1/C[C@H]2CC=C[C@@H]12. The van der Waals surface area contributed by atoms with E-state index in [1.165, 1.54) is 17.7 Å². The third kappa shape index (κ3) is 3.07. The molecule has 1 aromatic rings. The number of hydrogen-bond acceptors (Lipinski definition) is 2. The lowest BCUT2D eigenvalue weighted by Gasteiger charge is -2.31. The predicted molar refractivity (Wildman–Crippen MR) is 86.7 cm³/mol. The molecule has 104 valence electrons. The second kappa shape index (κ2) is 6.18. The Kier molecular flexibility index (Phi) is 4.11. The molecule has 1 fully saturated rings. The van der Waals surface area contributed by atoms with E-state index in [0.29, 0.717) is 11.0 Å². The van der Waals surface area contributed by atoms with Crippen molar-refractivity contribution < 1.29 is 0 Å². The number of nitrogens with one attached hydrogen (secondary N) is 2. The number of thiocarbonyl (C=S) groups is 1. The van der Waals surface area contributed by atoms with Gasteiger partial charge >= 0.3 is 0 Å². The second-order valence-electron chi connectivity index (χ2n) is 5.36. The molecule has 0 amide bonds. The first-order valence-corrected chi connectivity index (χ1v) is 7.54. The molecule has 3 rings (SSSR count). The van der Waals surface area contributed by atoms with E-state index in [2.05, 4.69) is 52.3 Å². The summed E-state index contributed by atoms with van der Waals surface area (Å²) in [6, 6.07) is 10.4. The van der Waals surface area contributed by atoms with Crippen LogP contribution >= 0.6 is 12.2 Å². The Morgan fingerprint density at radius 2 is 2.15 bits per heavy atom. The molecule has 3 nitrogen and oxygen atoms in total. The van der Waals surface area contributed by atoms with Crippen molar-refractivity contribution in [1.29, 1.82) is 0 Å². The molecule has 0 radical (unpaired) electrons. The lowest BCUT2D eigenvalue weighted by molar-refractivity contribution is 0.444. The van der Waals surface area contributed by atoms with Gasteiger partial charge in [-0.1, -0.05) is 42.5 Å². The van der Waals surface area contributed by atoms with E-state index >= 15 is 0 Å². The van der Waals surface area contributed by atoms with E-state index < -0.39 is 0 Å². The monoisotopic (exact) mass is 285 g/mol. The van der Waals surface area contributed by atoms with Crippen LogP contribution in [0.25, 0.3) is 0 Å². The minimum absolute atomic E-state index is 0.564. The summed E-state index contributed by atoms with van der Waals surface area (Å²) in [5, 5.41) is 8.21. The highest BCUT2D eigenvalue weighted by atomic mass is 32.1. The first kappa shape index (κ1) is 13.3. The molecule has 0 bridgehead atoms. The van der Waals surface area contributed by atoms with Gasteiger partial charge in [0.05, 0.1) is 0 Å². The highest BCUT2D eigenvalue weighted by Crippen LogP contribution is 2.40. The first-order chi connectivity index (χ1) is 9.83. The lowest BCUT2D eigenvalue weighted by atomic mass is 9.74. The van der Waals surface area contributed by atoms with Crippen LogP contribution in [0.5, 0.6) is 0 Å². The average molecular weight is 285 g/mol. The lowest BCUT2D eigenvalue weighted by Crippen LogP contribution is -2.38. The molecular formula is C16H19N3S. The van der Waals surface area contributed by atoms with Crippen molar-refractivity contribution in [3.05, 3.63) is 48.0 Å². The van der Waals surface area contributed by atoms with Crippen LogP contribution < -0.4 is 10.7 Å². The molecule has 1 saturated carbocycles. The van der Waals surface area contributed by atoms with Gasteiger partial charge in [0, 0.05) is 18.2 Å². The molecule has 2 aliphatic rings. The Labute approximate surface area is 125 Å². The maximum atomic E-state index is 5.23. The summed E-state index contributed by atoms with van der Waals surface area (Å²) >= 11 is 5.23. The van der Waals surface area contributed by atoms with Crippen LogP contribution in [0.15, 0.2) is 47.6 Å². The molecule has 0 aliphatic heterocycles. The van der Waals surface area contributed by atoms with E-state index in [4.69, 9.17) is 12.2 Å². The molecule has 2 atom stereocenters. The van der Waals surface area contributed by atoms with E-state index in [1.54, 1.807) is 0 Å². The zero-order valence-electron chi connectivity index (χ0n) is 11.4. The molecule has 1 aromatic carbocycles. The summed E-state index contributed by atoms with van der Waals surface area (Å²) in [5.41, 5.74) is 5.50. The third-order valence-electron chi connectivity index (χ3n) is 3.99. The van der Waals surface area contributed by atoms with Gasteiger partial charge in [-0.25, -0.2) is 0 Å². The van der Waals surface area contributed by atoms with Crippen LogP contribution in [0.4, 0.5) is 0 Å². The fourth-order valence-electron chi connectivity index (χ4n) is 2.79. The second-order valence-corrected chi connectivity index (χ2v) is 5.77. The first-order valence-electron chi connectivity index (χ1n) is 7.14. The van der Waals surface area contributed by atoms with Crippen LogP contribution in [0, 0.1) is 11.8 Å². The molecule has 0 unspecified atom stereocenters. The third-order valence-corrected chi connectivity index (χ3v) is 4.22. The number of allylic oxidation sites excluding steroid dienone is 2. The highest BCUT2D eigenvalue weighted by molar-refractivity contribution is 7.80. The van der Waals surface area contributed by atoms with Crippen molar-refractivity contribution >= 4 is 23.0 Å². The van der Waals surface area contributed by atoms with Crippen molar-refractivity contribution in [2.75, 3.05) is 6.54 Å². The molecule has 0 aromatic heterocycles. The van der Waals surface area contributed by atoms with Gasteiger partial charge in [-0.05, 0) is 43.0 Å². The summed E-state index contributed by atoms with van der Waals surface area (Å²) in [5.74, 6) is 1.37. The van der Waals surface area contributed by atoms with Crippen molar-refractivity contribution in [2.24, 2.45) is 16.9 Å². The van der Waals surface area contributed by atoms with Crippen molar-refractivity contribution in [1.82, 2.24) is 10.7 Å². The number of hydrogen-bond donors (Lipinski definition) is 2. The maximum absolute atomic E-state index is 5.23. The van der Waals surface area contributed by atoms with Crippen molar-refractivity contribution in [2.45, 2.75) is 19.3 Å². The van der Waals surface area contributed by atoms with Crippen LogP contribution in [0.1, 0.15) is 18.4 Å². The maximum Gasteiger partial charge on any atom is 0.186 e. The van der Waals surface area contributed by atoms with Crippen molar-refractivity contribution in [3.8, 4) is 0 Å². The van der Waals surface area contributed by atoms with Crippen LogP contribution in [-0.2, 0) is 6.42 Å². The van der Waals surface area contributed by atoms with Gasteiger partial charge in [-0.3, -0.25) is 5.43 Å². The largest absolute Gasteiger partial charge is 0.361 e. The smallest absolute Gasteiger partial charge is 0.186 e. The van der Waals surface area contributed by atoms with Gasteiger partial charge in [-0.15, -0.1) is 0 Å². The molecule has 0 spiro atoms. The fourth-order valence-corrected chi connectivity index (χ4v) is 2.94. The van der Waals surface area contributed by atoms with Gasteiger partial charge in [0.1, 0.15) is 0 Å². The van der Waals surface area contributed by atoms with Gasteiger partial charge in [0.25, 0.3) is 0 Å². The summed E-state index contributed by atoms with van der Waals surface area (Å²) in [6.45, 7) is 0.826. The van der Waals surface area contributed by atoms with E-state index in [1.807, 2.05) is 6.07 Å².